The summed E-state index contributed by atoms with van der Waals surface area (Å²) in [6, 6.07) is 0. The molecule has 4 rings (SSSR count). The van der Waals surface area contributed by atoms with E-state index in [1.54, 1.807) is 11.3 Å². The molecular weight excluding hydrogens is 352 g/mol. The average Bonchev–Trinajstić information content (AvgIpc) is 3.20. The van der Waals surface area contributed by atoms with Crippen LogP contribution in [-0.4, -0.2) is 29.2 Å². The lowest BCUT2D eigenvalue weighted by atomic mass is 9.92. The summed E-state index contributed by atoms with van der Waals surface area (Å²) in [5.41, 5.74) is 2.08. The summed E-state index contributed by atoms with van der Waals surface area (Å²) in [6.45, 7) is 6.61. The number of amides is 1. The third-order valence-corrected chi connectivity index (χ3v) is 7.07. The van der Waals surface area contributed by atoms with E-state index >= 15 is 0 Å². The first-order chi connectivity index (χ1) is 12.1. The van der Waals surface area contributed by atoms with Crippen molar-refractivity contribution in [1.82, 2.24) is 10.2 Å². The van der Waals surface area contributed by atoms with Crippen LogP contribution >= 0.6 is 22.7 Å². The molecule has 7 heteroatoms. The Kier molecular flexibility index (Phi) is 4.78. The van der Waals surface area contributed by atoms with Gasteiger partial charge in [0.15, 0.2) is 0 Å². The van der Waals surface area contributed by atoms with Crippen molar-refractivity contribution in [1.29, 1.82) is 0 Å². The summed E-state index contributed by atoms with van der Waals surface area (Å²) in [7, 11) is 0. The van der Waals surface area contributed by atoms with Crippen LogP contribution in [0.2, 0.25) is 0 Å². The maximum absolute atomic E-state index is 12.7. The van der Waals surface area contributed by atoms with E-state index < -0.39 is 0 Å². The minimum Gasteiger partial charge on any atom is -0.346 e. The zero-order valence-corrected chi connectivity index (χ0v) is 16.4. The SMILES string of the molecule is C[C@@H]1C[C@@H](C)CN(c2nnc(NC(=O)c3csc4c3CCCC4)s2)C1. The van der Waals surface area contributed by atoms with Gasteiger partial charge in [0.1, 0.15) is 0 Å². The lowest BCUT2D eigenvalue weighted by Crippen LogP contribution is -2.38. The number of hydrogen-bond acceptors (Lipinski definition) is 6. The van der Waals surface area contributed by atoms with Crippen molar-refractivity contribution in [2.45, 2.75) is 46.0 Å². The Morgan fingerprint density at radius 3 is 2.76 bits per heavy atom. The second-order valence-corrected chi connectivity index (χ2v) is 9.37. The Bertz CT molecular complexity index is 759. The number of carbonyl (C=O) groups is 1. The summed E-state index contributed by atoms with van der Waals surface area (Å²) < 4.78 is 0. The van der Waals surface area contributed by atoms with Crippen molar-refractivity contribution in [2.24, 2.45) is 11.8 Å². The normalized spacial score (nSPS) is 23.4. The lowest BCUT2D eigenvalue weighted by Gasteiger charge is -2.34. The van der Waals surface area contributed by atoms with Crippen LogP contribution in [0, 0.1) is 11.8 Å². The van der Waals surface area contributed by atoms with Gasteiger partial charge >= 0.3 is 0 Å². The van der Waals surface area contributed by atoms with E-state index in [4.69, 9.17) is 0 Å². The van der Waals surface area contributed by atoms with E-state index in [0.29, 0.717) is 17.0 Å². The fourth-order valence-corrected chi connectivity index (χ4v) is 5.95. The molecule has 0 spiro atoms. The number of anilines is 2. The van der Waals surface area contributed by atoms with Gasteiger partial charge in [0, 0.05) is 23.3 Å². The summed E-state index contributed by atoms with van der Waals surface area (Å²) in [5.74, 6) is 1.30. The number of nitrogens with zero attached hydrogens (tertiary/aromatic N) is 3. The van der Waals surface area contributed by atoms with Crippen molar-refractivity contribution < 1.29 is 4.79 Å². The van der Waals surface area contributed by atoms with E-state index in [0.717, 1.165) is 36.6 Å². The first-order valence-electron chi connectivity index (χ1n) is 9.09. The zero-order chi connectivity index (χ0) is 17.4. The van der Waals surface area contributed by atoms with Crippen LogP contribution in [0.25, 0.3) is 0 Å². The molecule has 2 aromatic heterocycles. The first kappa shape index (κ1) is 17.0. The number of aromatic nitrogens is 2. The Balaban J connectivity index is 1.46. The van der Waals surface area contributed by atoms with E-state index in [1.165, 1.54) is 41.0 Å². The third-order valence-electron chi connectivity index (χ3n) is 5.08. The number of fused-ring (bicyclic) bond motifs is 1. The molecule has 2 aromatic rings. The van der Waals surface area contributed by atoms with E-state index in [9.17, 15) is 4.79 Å². The van der Waals surface area contributed by atoms with E-state index in [-0.39, 0.29) is 5.91 Å². The van der Waals surface area contributed by atoms with Crippen molar-refractivity contribution in [3.8, 4) is 0 Å². The van der Waals surface area contributed by atoms with Crippen molar-refractivity contribution >= 4 is 38.8 Å². The van der Waals surface area contributed by atoms with Crippen molar-refractivity contribution in [3.05, 3.63) is 21.4 Å². The number of carbonyl (C=O) groups excluding carboxylic acids is 1. The van der Waals surface area contributed by atoms with Crippen molar-refractivity contribution in [2.75, 3.05) is 23.3 Å². The van der Waals surface area contributed by atoms with Crippen LogP contribution < -0.4 is 10.2 Å². The molecule has 0 bridgehead atoms. The van der Waals surface area contributed by atoms with Gasteiger partial charge in [0.05, 0.1) is 5.56 Å². The molecule has 0 radical (unpaired) electrons. The molecule has 2 atom stereocenters. The first-order valence-corrected chi connectivity index (χ1v) is 10.8. The number of piperidine rings is 1. The molecule has 5 nitrogen and oxygen atoms in total. The monoisotopic (exact) mass is 376 g/mol. The molecule has 0 aromatic carbocycles. The highest BCUT2D eigenvalue weighted by atomic mass is 32.1. The summed E-state index contributed by atoms with van der Waals surface area (Å²) in [6.07, 6.45) is 5.82. The number of nitrogens with one attached hydrogen (secondary N) is 1. The van der Waals surface area contributed by atoms with Gasteiger partial charge in [-0.3, -0.25) is 10.1 Å². The lowest BCUT2D eigenvalue weighted by molar-refractivity contribution is 0.102. The van der Waals surface area contributed by atoms with Gasteiger partial charge < -0.3 is 4.90 Å². The number of hydrogen-bond donors (Lipinski definition) is 1. The second kappa shape index (κ2) is 7.03. The molecule has 25 heavy (non-hydrogen) atoms. The van der Waals surface area contributed by atoms with Gasteiger partial charge in [0.25, 0.3) is 5.91 Å². The summed E-state index contributed by atoms with van der Waals surface area (Å²) in [4.78, 5) is 16.3. The highest BCUT2D eigenvalue weighted by Gasteiger charge is 2.25. The molecule has 1 aliphatic heterocycles. The fraction of sp³-hybridized carbons (Fsp3) is 0.611. The summed E-state index contributed by atoms with van der Waals surface area (Å²) in [5, 5.41) is 15.0. The topological polar surface area (TPSA) is 58.1 Å². The Morgan fingerprint density at radius 2 is 1.96 bits per heavy atom. The van der Waals surface area contributed by atoms with Gasteiger partial charge in [-0.1, -0.05) is 25.2 Å². The van der Waals surface area contributed by atoms with Crippen molar-refractivity contribution in [3.63, 3.8) is 0 Å². The molecule has 1 aliphatic carbocycles. The predicted octanol–water partition coefficient (Wildman–Crippen LogP) is 4.21. The molecule has 1 amide bonds. The van der Waals surface area contributed by atoms with Crippen LogP contribution in [0.3, 0.4) is 0 Å². The quantitative estimate of drug-likeness (QED) is 0.872. The number of thiophene rings is 1. The highest BCUT2D eigenvalue weighted by molar-refractivity contribution is 7.19. The maximum atomic E-state index is 12.7. The van der Waals surface area contributed by atoms with Crippen LogP contribution in [0.5, 0.6) is 0 Å². The molecule has 0 unspecified atom stereocenters. The number of rotatable bonds is 3. The van der Waals surface area contributed by atoms with Gasteiger partial charge in [-0.15, -0.1) is 21.5 Å². The molecule has 2 aliphatic rings. The largest absolute Gasteiger partial charge is 0.346 e. The van der Waals surface area contributed by atoms with Crippen LogP contribution in [-0.2, 0) is 12.8 Å². The molecule has 3 heterocycles. The average molecular weight is 377 g/mol. The Morgan fingerprint density at radius 1 is 1.20 bits per heavy atom. The van der Waals surface area contributed by atoms with Gasteiger partial charge in [-0.05, 0) is 49.5 Å². The third kappa shape index (κ3) is 3.58. The Hall–Kier alpha value is -1.47. The van der Waals surface area contributed by atoms with Crippen LogP contribution in [0.15, 0.2) is 5.38 Å². The van der Waals surface area contributed by atoms with Gasteiger partial charge in [-0.25, -0.2) is 0 Å². The van der Waals surface area contributed by atoms with Gasteiger partial charge in [0.2, 0.25) is 10.3 Å². The second-order valence-electron chi connectivity index (χ2n) is 7.45. The molecular formula is C18H24N4OS2. The Labute approximate surface area is 156 Å². The molecule has 134 valence electrons. The van der Waals surface area contributed by atoms with Gasteiger partial charge in [-0.2, -0.15) is 0 Å². The zero-order valence-electron chi connectivity index (χ0n) is 14.7. The smallest absolute Gasteiger partial charge is 0.258 e. The van der Waals surface area contributed by atoms with E-state index in [1.807, 2.05) is 5.38 Å². The predicted molar refractivity (Wildman–Crippen MR) is 104 cm³/mol. The molecule has 0 saturated carbocycles. The summed E-state index contributed by atoms with van der Waals surface area (Å²) >= 11 is 3.20. The van der Waals surface area contributed by atoms with Crippen LogP contribution in [0.1, 0.15) is 53.9 Å². The molecule has 1 fully saturated rings. The minimum atomic E-state index is -0.0394. The van der Waals surface area contributed by atoms with Crippen LogP contribution in [0.4, 0.5) is 10.3 Å². The fourth-order valence-electron chi connectivity index (χ4n) is 4.06. The minimum absolute atomic E-state index is 0.0394. The number of aryl methyl sites for hydroxylation is 1. The molecule has 1 saturated heterocycles. The van der Waals surface area contributed by atoms with E-state index in [2.05, 4.69) is 34.3 Å². The standard InChI is InChI=1S/C18H24N4OS2/c1-11-7-12(2)9-22(8-11)18-21-20-17(25-18)19-16(23)14-10-24-15-6-4-3-5-13(14)15/h10-12H,3-9H2,1-2H3,(H,19,20,23)/t11-,12-/m1/s1. The highest BCUT2D eigenvalue weighted by Crippen LogP contribution is 2.32. The molecule has 1 N–H and O–H groups in total. The maximum Gasteiger partial charge on any atom is 0.258 e.